The van der Waals surface area contributed by atoms with Crippen molar-refractivity contribution >= 4 is 22.3 Å². The first-order valence-electron chi connectivity index (χ1n) is 8.37. The van der Waals surface area contributed by atoms with E-state index in [0.717, 1.165) is 16.6 Å². The molecule has 4 heterocycles. The maximum absolute atomic E-state index is 13.1. The number of rotatable bonds is 3. The van der Waals surface area contributed by atoms with E-state index in [4.69, 9.17) is 4.52 Å². The third-order valence-corrected chi connectivity index (χ3v) is 4.34. The number of fused-ring (bicyclic) bond motifs is 2. The topological polar surface area (TPSA) is 86.2 Å². The van der Waals surface area contributed by atoms with E-state index in [-0.39, 0.29) is 5.78 Å². The Morgan fingerprint density at radius 3 is 2.85 bits per heavy atom. The van der Waals surface area contributed by atoms with Gasteiger partial charge in [0.25, 0.3) is 0 Å². The number of ketones is 1. The number of benzene rings is 1. The van der Waals surface area contributed by atoms with Gasteiger partial charge in [-0.1, -0.05) is 11.2 Å². The van der Waals surface area contributed by atoms with Crippen LogP contribution < -0.4 is 0 Å². The molecule has 5 aromatic rings. The largest absolute Gasteiger partial charge is 0.354 e. The number of pyridine rings is 1. The molecule has 0 amide bonds. The lowest BCUT2D eigenvalue weighted by Gasteiger charge is -2.04. The molecule has 0 fully saturated rings. The first kappa shape index (κ1) is 15.4. The van der Waals surface area contributed by atoms with Gasteiger partial charge in [-0.3, -0.25) is 9.78 Å². The molecule has 0 atom stereocenters. The Labute approximate surface area is 153 Å². The van der Waals surface area contributed by atoms with Crippen molar-refractivity contribution in [3.63, 3.8) is 0 Å². The first-order chi connectivity index (χ1) is 13.2. The summed E-state index contributed by atoms with van der Waals surface area (Å²) < 4.78 is 6.80. The quantitative estimate of drug-likeness (QED) is 0.461. The lowest BCUT2D eigenvalue weighted by molar-refractivity contribution is 0.103. The van der Waals surface area contributed by atoms with Crippen LogP contribution in [0.3, 0.4) is 0 Å². The van der Waals surface area contributed by atoms with E-state index < -0.39 is 0 Å². The standard InChI is InChI=1S/C20H13N5O2/c1-12-9-18(27-24-12)16-6-7-19-22-11-17(25(19)23-16)20(26)14-4-5-15-13(10-14)3-2-8-21-15/h2-11H,1H3. The summed E-state index contributed by atoms with van der Waals surface area (Å²) in [5, 5.41) is 9.30. The van der Waals surface area contributed by atoms with Gasteiger partial charge in [0.2, 0.25) is 5.78 Å². The molecule has 0 aliphatic carbocycles. The summed E-state index contributed by atoms with van der Waals surface area (Å²) in [6.07, 6.45) is 3.26. The second-order valence-electron chi connectivity index (χ2n) is 6.20. The van der Waals surface area contributed by atoms with E-state index in [2.05, 4.69) is 20.2 Å². The van der Waals surface area contributed by atoms with Crippen LogP contribution >= 0.6 is 0 Å². The van der Waals surface area contributed by atoms with Gasteiger partial charge in [0.05, 0.1) is 17.4 Å². The Hall–Kier alpha value is -3.87. The molecule has 0 aliphatic rings. The number of aryl methyl sites for hydroxylation is 1. The van der Waals surface area contributed by atoms with Gasteiger partial charge in [0, 0.05) is 23.2 Å². The van der Waals surface area contributed by atoms with E-state index in [9.17, 15) is 4.79 Å². The summed E-state index contributed by atoms with van der Waals surface area (Å²) in [5.74, 6) is 0.380. The van der Waals surface area contributed by atoms with Crippen LogP contribution in [0.4, 0.5) is 0 Å². The number of carbonyl (C=O) groups is 1. The van der Waals surface area contributed by atoms with Gasteiger partial charge in [0.1, 0.15) is 11.4 Å². The van der Waals surface area contributed by atoms with Crippen molar-refractivity contribution in [3.8, 4) is 11.5 Å². The molecule has 0 saturated heterocycles. The van der Waals surface area contributed by atoms with E-state index >= 15 is 0 Å². The van der Waals surface area contributed by atoms with Gasteiger partial charge in [-0.25, -0.2) is 9.50 Å². The van der Waals surface area contributed by atoms with Crippen LogP contribution in [0.15, 0.2) is 65.4 Å². The van der Waals surface area contributed by atoms with Gasteiger partial charge in [-0.15, -0.1) is 0 Å². The summed E-state index contributed by atoms with van der Waals surface area (Å²) in [7, 11) is 0. The molecule has 1 aromatic carbocycles. The normalized spacial score (nSPS) is 11.3. The van der Waals surface area contributed by atoms with Crippen LogP contribution in [-0.4, -0.2) is 30.5 Å². The first-order valence-corrected chi connectivity index (χ1v) is 8.37. The van der Waals surface area contributed by atoms with Crippen molar-refractivity contribution < 1.29 is 9.32 Å². The fourth-order valence-corrected chi connectivity index (χ4v) is 3.01. The van der Waals surface area contributed by atoms with Crippen LogP contribution in [0.1, 0.15) is 21.7 Å². The average Bonchev–Trinajstić information content (AvgIpc) is 3.32. The van der Waals surface area contributed by atoms with Crippen LogP contribution in [0, 0.1) is 6.92 Å². The second kappa shape index (κ2) is 5.84. The fraction of sp³-hybridized carbons (Fsp3) is 0.0500. The molecule has 0 spiro atoms. The smallest absolute Gasteiger partial charge is 0.213 e. The Balaban J connectivity index is 1.61. The number of hydrogen-bond donors (Lipinski definition) is 0. The minimum Gasteiger partial charge on any atom is -0.354 e. The SMILES string of the molecule is Cc1cc(-c2ccc3ncc(C(=O)c4ccc5ncccc5c4)n3n2)on1. The molecule has 27 heavy (non-hydrogen) atoms. The molecular weight excluding hydrogens is 342 g/mol. The zero-order valence-electron chi connectivity index (χ0n) is 14.3. The molecule has 0 radical (unpaired) electrons. The van der Waals surface area contributed by atoms with Crippen molar-refractivity contribution in [1.82, 2.24) is 24.7 Å². The Morgan fingerprint density at radius 1 is 1.07 bits per heavy atom. The number of hydrogen-bond acceptors (Lipinski definition) is 6. The lowest BCUT2D eigenvalue weighted by Crippen LogP contribution is -2.07. The highest BCUT2D eigenvalue weighted by Crippen LogP contribution is 2.21. The van der Waals surface area contributed by atoms with Crippen molar-refractivity contribution in [3.05, 3.63) is 77.9 Å². The van der Waals surface area contributed by atoms with Gasteiger partial charge < -0.3 is 4.52 Å². The van der Waals surface area contributed by atoms with Crippen LogP contribution in [0.5, 0.6) is 0 Å². The number of aromatic nitrogens is 5. The lowest BCUT2D eigenvalue weighted by atomic mass is 10.1. The zero-order valence-corrected chi connectivity index (χ0v) is 14.3. The summed E-state index contributed by atoms with van der Waals surface area (Å²) >= 11 is 0. The zero-order chi connectivity index (χ0) is 18.4. The van der Waals surface area contributed by atoms with Crippen molar-refractivity contribution in [1.29, 1.82) is 0 Å². The molecule has 7 nitrogen and oxygen atoms in total. The molecular formula is C20H13N5O2. The molecule has 0 aliphatic heterocycles. The van der Waals surface area contributed by atoms with Crippen LogP contribution in [0.2, 0.25) is 0 Å². The number of nitrogens with zero attached hydrogens (tertiary/aromatic N) is 5. The fourth-order valence-electron chi connectivity index (χ4n) is 3.01. The second-order valence-corrected chi connectivity index (χ2v) is 6.20. The van der Waals surface area contributed by atoms with Gasteiger partial charge in [-0.2, -0.15) is 5.10 Å². The van der Waals surface area contributed by atoms with E-state index in [1.54, 1.807) is 30.5 Å². The Kier molecular flexibility index (Phi) is 3.33. The molecule has 0 saturated carbocycles. The maximum atomic E-state index is 13.1. The highest BCUT2D eigenvalue weighted by Gasteiger charge is 2.17. The third kappa shape index (κ3) is 2.56. The average molecular weight is 355 g/mol. The van der Waals surface area contributed by atoms with Gasteiger partial charge >= 0.3 is 0 Å². The minimum atomic E-state index is -0.161. The number of imidazole rings is 1. The predicted molar refractivity (Wildman–Crippen MR) is 98.4 cm³/mol. The molecule has 4 aromatic heterocycles. The summed E-state index contributed by atoms with van der Waals surface area (Å²) in [5.41, 5.74) is 3.71. The van der Waals surface area contributed by atoms with E-state index in [1.807, 2.05) is 31.2 Å². The van der Waals surface area contributed by atoms with Crippen LogP contribution in [0.25, 0.3) is 28.0 Å². The van der Waals surface area contributed by atoms with Gasteiger partial charge in [-0.05, 0) is 43.3 Å². The van der Waals surface area contributed by atoms with Crippen molar-refractivity contribution in [2.45, 2.75) is 6.92 Å². The molecule has 0 unspecified atom stereocenters. The summed E-state index contributed by atoms with van der Waals surface area (Å²) in [6.45, 7) is 1.84. The highest BCUT2D eigenvalue weighted by atomic mass is 16.5. The third-order valence-electron chi connectivity index (χ3n) is 4.34. The van der Waals surface area contributed by atoms with E-state index in [1.165, 1.54) is 10.7 Å². The summed E-state index contributed by atoms with van der Waals surface area (Å²) in [4.78, 5) is 21.6. The molecule has 0 N–H and O–H groups in total. The molecule has 5 rings (SSSR count). The monoisotopic (exact) mass is 355 g/mol. The van der Waals surface area contributed by atoms with E-state index in [0.29, 0.717) is 28.4 Å². The number of carbonyl (C=O) groups excluding carboxylic acids is 1. The molecule has 0 bridgehead atoms. The van der Waals surface area contributed by atoms with Gasteiger partial charge in [0.15, 0.2) is 11.4 Å². The molecule has 7 heteroatoms. The minimum absolute atomic E-state index is 0.161. The van der Waals surface area contributed by atoms with Crippen molar-refractivity contribution in [2.75, 3.05) is 0 Å². The Morgan fingerprint density at radius 2 is 2.00 bits per heavy atom. The summed E-state index contributed by atoms with van der Waals surface area (Å²) in [6, 6.07) is 14.6. The van der Waals surface area contributed by atoms with Crippen molar-refractivity contribution in [2.24, 2.45) is 0 Å². The van der Waals surface area contributed by atoms with Crippen LogP contribution in [-0.2, 0) is 0 Å². The Bertz CT molecular complexity index is 1320. The maximum Gasteiger partial charge on any atom is 0.213 e. The predicted octanol–water partition coefficient (Wildman–Crippen LogP) is 3.47. The highest BCUT2D eigenvalue weighted by molar-refractivity contribution is 6.09. The molecule has 130 valence electrons.